The van der Waals surface area contributed by atoms with Crippen LogP contribution in [0.5, 0.6) is 0 Å². The number of hydrogen-bond donors (Lipinski definition) is 0. The van der Waals surface area contributed by atoms with Crippen molar-refractivity contribution in [2.45, 2.75) is 71.4 Å². The molecule has 2 atom stereocenters. The van der Waals surface area contributed by atoms with Crippen LogP contribution in [0, 0.1) is 11.3 Å². The Hall–Kier alpha value is -1.93. The number of thioether (sulfide) groups is 1. The lowest BCUT2D eigenvalue weighted by Gasteiger charge is -2.37. The van der Waals surface area contributed by atoms with Gasteiger partial charge in [-0.25, -0.2) is 4.67 Å². The summed E-state index contributed by atoms with van der Waals surface area (Å²) in [7, 11) is -1.22. The third-order valence-corrected chi connectivity index (χ3v) is 9.84. The zero-order valence-electron chi connectivity index (χ0n) is 22.0. The second-order valence-corrected chi connectivity index (χ2v) is 12.2. The molecule has 0 saturated carbocycles. The van der Waals surface area contributed by atoms with Crippen molar-refractivity contribution in [1.29, 1.82) is 5.26 Å². The highest BCUT2D eigenvalue weighted by Gasteiger charge is 2.29. The summed E-state index contributed by atoms with van der Waals surface area (Å²) in [5, 5.41) is 17.0. The quantitative estimate of drug-likeness (QED) is 0.100. The maximum Gasteiger partial charge on any atom is 0.259 e. The smallest absolute Gasteiger partial charge is 0.259 e. The van der Waals surface area contributed by atoms with Gasteiger partial charge < -0.3 is 9.05 Å². The van der Waals surface area contributed by atoms with Crippen LogP contribution in [0.2, 0.25) is 0 Å². The maximum absolute atomic E-state index is 8.97. The van der Waals surface area contributed by atoms with Crippen LogP contribution >= 0.6 is 20.3 Å². The topological polar surface area (TPSA) is 45.5 Å². The highest BCUT2D eigenvalue weighted by Crippen LogP contribution is 2.48. The van der Waals surface area contributed by atoms with Crippen molar-refractivity contribution in [3.63, 3.8) is 0 Å². The first-order valence-electron chi connectivity index (χ1n) is 12.9. The molecule has 4 aromatic rings. The molecule has 0 amide bonds. The zero-order chi connectivity index (χ0) is 25.7. The highest BCUT2D eigenvalue weighted by molar-refractivity contribution is 7.98. The lowest BCUT2D eigenvalue weighted by molar-refractivity contribution is 0.141. The summed E-state index contributed by atoms with van der Waals surface area (Å²) in [6.07, 6.45) is 1.41. The minimum atomic E-state index is -1.22. The first-order valence-corrected chi connectivity index (χ1v) is 15.2. The van der Waals surface area contributed by atoms with Gasteiger partial charge in [0.2, 0.25) is 0 Å². The van der Waals surface area contributed by atoms with Crippen LogP contribution in [0.25, 0.3) is 32.3 Å². The molecule has 0 N–H and O–H groups in total. The van der Waals surface area contributed by atoms with Gasteiger partial charge in [0, 0.05) is 23.6 Å². The molecule has 0 radical (unpaired) electrons. The van der Waals surface area contributed by atoms with E-state index in [2.05, 4.69) is 100.0 Å². The molecule has 190 valence electrons. The van der Waals surface area contributed by atoms with Crippen LogP contribution in [0.15, 0.2) is 54.6 Å². The summed E-state index contributed by atoms with van der Waals surface area (Å²) in [5.74, 6) is 1.85. The summed E-state index contributed by atoms with van der Waals surface area (Å²) in [6.45, 7) is 11.3. The second kappa shape index (κ2) is 12.5. The predicted octanol–water partition coefficient (Wildman–Crippen LogP) is 8.89. The van der Waals surface area contributed by atoms with Gasteiger partial charge in [-0.1, -0.05) is 61.5 Å². The Kier molecular flexibility index (Phi) is 9.45. The summed E-state index contributed by atoms with van der Waals surface area (Å²) in [4.78, 5) is 0. The normalized spacial score (nSPS) is 14.0. The molecule has 0 spiro atoms. The van der Waals surface area contributed by atoms with Gasteiger partial charge in [0.1, 0.15) is 0 Å². The van der Waals surface area contributed by atoms with Crippen LogP contribution in [0.3, 0.4) is 0 Å². The Morgan fingerprint density at radius 3 is 2.19 bits per heavy atom. The van der Waals surface area contributed by atoms with Gasteiger partial charge in [0.05, 0.1) is 25.2 Å². The lowest BCUT2D eigenvalue weighted by Crippen LogP contribution is -2.35. The summed E-state index contributed by atoms with van der Waals surface area (Å²) < 4.78 is 15.0. The van der Waals surface area contributed by atoms with E-state index in [-0.39, 0.29) is 6.10 Å². The average Bonchev–Trinajstić information content (AvgIpc) is 2.86. The van der Waals surface area contributed by atoms with Gasteiger partial charge >= 0.3 is 0 Å². The van der Waals surface area contributed by atoms with Crippen molar-refractivity contribution in [2.75, 3.05) is 12.4 Å². The monoisotopic (exact) mass is 520 g/mol. The number of nitrogens with zero attached hydrogens (tertiary/aromatic N) is 2. The first kappa shape index (κ1) is 27.1. The van der Waals surface area contributed by atoms with Crippen molar-refractivity contribution in [1.82, 2.24) is 4.67 Å². The molecule has 0 aromatic heterocycles. The van der Waals surface area contributed by atoms with E-state index < -0.39 is 8.53 Å². The van der Waals surface area contributed by atoms with Crippen LogP contribution < -0.4 is 0 Å². The van der Waals surface area contributed by atoms with E-state index in [1.807, 2.05) is 11.8 Å². The molecule has 4 nitrogen and oxygen atoms in total. The predicted molar refractivity (Wildman–Crippen MR) is 157 cm³/mol. The fourth-order valence-corrected chi connectivity index (χ4v) is 7.91. The molecule has 4 aromatic carbocycles. The SMILES string of the molecule is CC[C@H](CSCc1ccc2ccc3cccc4ccc1c2c34)OP(OCCC#N)N(C(C)C)C(C)C. The van der Waals surface area contributed by atoms with Crippen molar-refractivity contribution >= 4 is 52.6 Å². The van der Waals surface area contributed by atoms with Crippen molar-refractivity contribution in [3.05, 3.63) is 60.2 Å². The van der Waals surface area contributed by atoms with E-state index in [9.17, 15) is 0 Å². The minimum Gasteiger partial charge on any atom is -0.321 e. The third kappa shape index (κ3) is 5.96. The van der Waals surface area contributed by atoms with Gasteiger partial charge in [-0.05, 0) is 72.0 Å². The van der Waals surface area contributed by atoms with E-state index in [1.165, 1.54) is 37.9 Å². The molecule has 0 aliphatic heterocycles. The van der Waals surface area contributed by atoms with E-state index >= 15 is 0 Å². The molecular weight excluding hydrogens is 483 g/mol. The third-order valence-electron chi connectivity index (χ3n) is 6.54. The molecule has 36 heavy (non-hydrogen) atoms. The Labute approximate surface area is 221 Å². The van der Waals surface area contributed by atoms with Gasteiger partial charge in [-0.3, -0.25) is 0 Å². The van der Waals surface area contributed by atoms with Crippen molar-refractivity contribution in [2.24, 2.45) is 0 Å². The molecule has 6 heteroatoms. The van der Waals surface area contributed by atoms with Crippen LogP contribution in [0.1, 0.15) is 53.0 Å². The molecule has 0 heterocycles. The van der Waals surface area contributed by atoms with E-state index in [0.29, 0.717) is 25.1 Å². The average molecular weight is 521 g/mol. The van der Waals surface area contributed by atoms with Gasteiger partial charge in [-0.2, -0.15) is 17.0 Å². The molecule has 0 fully saturated rings. The van der Waals surface area contributed by atoms with E-state index in [1.54, 1.807) is 0 Å². The van der Waals surface area contributed by atoms with E-state index in [4.69, 9.17) is 14.3 Å². The van der Waals surface area contributed by atoms with Gasteiger partial charge in [0.15, 0.2) is 0 Å². The molecular formula is C30H37N2O2PS. The van der Waals surface area contributed by atoms with Gasteiger partial charge in [-0.15, -0.1) is 0 Å². The van der Waals surface area contributed by atoms with Crippen LogP contribution in [0.4, 0.5) is 0 Å². The Balaban J connectivity index is 1.48. The number of benzene rings is 4. The highest BCUT2D eigenvalue weighted by atomic mass is 32.2. The molecule has 0 aliphatic carbocycles. The van der Waals surface area contributed by atoms with E-state index in [0.717, 1.165) is 17.9 Å². The Morgan fingerprint density at radius 2 is 1.56 bits per heavy atom. The number of nitriles is 1. The summed E-state index contributed by atoms with van der Waals surface area (Å²) in [6, 6.07) is 22.9. The van der Waals surface area contributed by atoms with Crippen LogP contribution in [-0.2, 0) is 14.8 Å². The zero-order valence-corrected chi connectivity index (χ0v) is 23.7. The molecule has 0 bridgehead atoms. The molecule has 0 aliphatic rings. The Bertz CT molecular complexity index is 1300. The van der Waals surface area contributed by atoms with Crippen molar-refractivity contribution in [3.8, 4) is 6.07 Å². The van der Waals surface area contributed by atoms with Crippen LogP contribution in [-0.4, -0.2) is 35.2 Å². The first-order chi connectivity index (χ1) is 17.4. The number of hydrogen-bond acceptors (Lipinski definition) is 5. The standard InChI is InChI=1S/C30H37N2O2PS/c1-6-27(34-35(33-18-8-17-31)32(21(2)3)22(4)5)20-36-19-26-14-13-25-12-11-23-9-7-10-24-15-16-28(26)30(25)29(23)24/h7,9-16,21-22,27H,6,8,18-20H2,1-5H3/t27-,35?/m1/s1. The summed E-state index contributed by atoms with van der Waals surface area (Å²) in [5.41, 5.74) is 1.37. The molecule has 4 rings (SSSR count). The second-order valence-electron chi connectivity index (χ2n) is 9.78. The maximum atomic E-state index is 8.97. The fraction of sp³-hybridized carbons (Fsp3) is 0.433. The van der Waals surface area contributed by atoms with Crippen molar-refractivity contribution < 1.29 is 9.05 Å². The fourth-order valence-electron chi connectivity index (χ4n) is 4.87. The number of rotatable bonds is 13. The minimum absolute atomic E-state index is 0.1000. The molecule has 0 saturated heterocycles. The van der Waals surface area contributed by atoms with Gasteiger partial charge in [0.25, 0.3) is 8.53 Å². The largest absolute Gasteiger partial charge is 0.321 e. The lowest BCUT2D eigenvalue weighted by atomic mass is 9.92. The Morgan fingerprint density at radius 1 is 0.917 bits per heavy atom. The molecule has 1 unspecified atom stereocenters. The summed E-state index contributed by atoms with van der Waals surface area (Å²) >= 11 is 1.93.